The molecule has 2 rings (SSSR count). The van der Waals surface area contributed by atoms with Crippen LogP contribution >= 0.6 is 0 Å². The van der Waals surface area contributed by atoms with Gasteiger partial charge in [-0.3, -0.25) is 9.59 Å². The summed E-state index contributed by atoms with van der Waals surface area (Å²) in [5, 5.41) is 0. The highest BCUT2D eigenvalue weighted by Gasteiger charge is 2.30. The topological polar surface area (TPSA) is 63.4 Å². The molecule has 1 saturated heterocycles. The monoisotopic (exact) mass is 304 g/mol. The fourth-order valence-electron chi connectivity index (χ4n) is 2.71. The normalized spacial score (nSPS) is 22.5. The third-order valence-electron chi connectivity index (χ3n) is 4.21. The summed E-state index contributed by atoms with van der Waals surface area (Å²) >= 11 is 0. The van der Waals surface area contributed by atoms with Crippen LogP contribution in [0.2, 0.25) is 0 Å². The van der Waals surface area contributed by atoms with Gasteiger partial charge in [-0.15, -0.1) is 0 Å². The smallest absolute Gasteiger partial charge is 0.247 e. The molecule has 0 aromatic heterocycles. The first kappa shape index (κ1) is 16.2. The molecule has 2 atom stereocenters. The van der Waals surface area contributed by atoms with Crippen LogP contribution in [0.3, 0.4) is 0 Å². The Hall–Kier alpha value is -2.17. The summed E-state index contributed by atoms with van der Waals surface area (Å²) in [7, 11) is 0. The molecule has 2 N–H and O–H groups in total. The summed E-state index contributed by atoms with van der Waals surface area (Å²) in [6.45, 7) is 4.14. The maximum atomic E-state index is 12.9. The molecule has 0 unspecified atom stereocenters. The van der Waals surface area contributed by atoms with Gasteiger partial charge in [0.1, 0.15) is 5.82 Å². The Morgan fingerprint density at radius 2 is 1.91 bits per heavy atom. The van der Waals surface area contributed by atoms with Gasteiger partial charge in [-0.05, 0) is 50.0 Å². The van der Waals surface area contributed by atoms with Crippen molar-refractivity contribution in [2.45, 2.75) is 32.7 Å². The van der Waals surface area contributed by atoms with Crippen LogP contribution in [0.4, 0.5) is 4.39 Å². The lowest BCUT2D eigenvalue weighted by atomic mass is 9.92. The van der Waals surface area contributed by atoms with Gasteiger partial charge in [-0.25, -0.2) is 4.39 Å². The molecule has 0 saturated carbocycles. The van der Waals surface area contributed by atoms with Crippen LogP contribution in [0.5, 0.6) is 0 Å². The van der Waals surface area contributed by atoms with Crippen LogP contribution in [-0.4, -0.2) is 29.3 Å². The quantitative estimate of drug-likeness (QED) is 0.871. The average molecular weight is 304 g/mol. The fourth-order valence-corrected chi connectivity index (χ4v) is 2.71. The lowest BCUT2D eigenvalue weighted by Crippen LogP contribution is -2.48. The Bertz CT molecular complexity index is 595. The van der Waals surface area contributed by atoms with E-state index < -0.39 is 0 Å². The lowest BCUT2D eigenvalue weighted by molar-refractivity contribution is -0.133. The molecule has 0 aliphatic carbocycles. The van der Waals surface area contributed by atoms with Crippen LogP contribution < -0.4 is 5.73 Å². The molecule has 5 heteroatoms. The lowest BCUT2D eigenvalue weighted by Gasteiger charge is -2.36. The highest BCUT2D eigenvalue weighted by molar-refractivity contribution is 5.95. The number of halogens is 1. The zero-order chi connectivity index (χ0) is 16.3. The Balaban J connectivity index is 2.13. The van der Waals surface area contributed by atoms with Crippen molar-refractivity contribution in [2.24, 2.45) is 11.7 Å². The summed E-state index contributed by atoms with van der Waals surface area (Å²) in [5.41, 5.74) is 6.91. The second kappa shape index (κ2) is 6.73. The minimum atomic E-state index is -0.357. The molecule has 1 fully saturated rings. The second-order valence-electron chi connectivity index (χ2n) is 5.85. The van der Waals surface area contributed by atoms with E-state index in [9.17, 15) is 14.0 Å². The maximum absolute atomic E-state index is 12.9. The van der Waals surface area contributed by atoms with Crippen LogP contribution in [0.1, 0.15) is 32.3 Å². The molecular weight excluding hydrogens is 283 g/mol. The van der Waals surface area contributed by atoms with Crippen molar-refractivity contribution >= 4 is 17.4 Å². The molecule has 1 heterocycles. The Morgan fingerprint density at radius 3 is 2.50 bits per heavy atom. The fraction of sp³-hybridized carbons (Fsp3) is 0.412. The van der Waals surface area contributed by atoms with E-state index >= 15 is 0 Å². The third kappa shape index (κ3) is 3.72. The maximum Gasteiger partial charge on any atom is 0.247 e. The van der Waals surface area contributed by atoms with E-state index in [0.29, 0.717) is 6.54 Å². The van der Waals surface area contributed by atoms with Crippen LogP contribution in [0, 0.1) is 11.7 Å². The number of primary amides is 1. The van der Waals surface area contributed by atoms with E-state index in [0.717, 1.165) is 24.0 Å². The molecule has 22 heavy (non-hydrogen) atoms. The molecule has 1 aromatic carbocycles. The number of nitrogens with zero attached hydrogens (tertiary/aromatic N) is 1. The number of likely N-dealkylation sites (tertiary alicyclic amines) is 1. The number of nitrogens with two attached hydrogens (primary N) is 1. The molecule has 118 valence electrons. The standard InChI is InChI=1S/C17H21FN2O2/c1-11(13-5-7-15(18)8-6-13)9-16(21)20-10-14(17(19)22)4-3-12(20)2/h5-9,12,14H,3-4,10H2,1-2H3,(H2,19,22)/b11-9-/t12-,14-/m1/s1. The molecule has 2 amide bonds. The van der Waals surface area contributed by atoms with E-state index in [4.69, 9.17) is 5.73 Å². The van der Waals surface area contributed by atoms with Gasteiger partial charge >= 0.3 is 0 Å². The van der Waals surface area contributed by atoms with E-state index in [1.54, 1.807) is 17.0 Å². The van der Waals surface area contributed by atoms with Gasteiger partial charge in [0.25, 0.3) is 0 Å². The van der Waals surface area contributed by atoms with E-state index in [1.165, 1.54) is 18.2 Å². The van der Waals surface area contributed by atoms with Crippen molar-refractivity contribution in [3.05, 3.63) is 41.7 Å². The van der Waals surface area contributed by atoms with Gasteiger partial charge < -0.3 is 10.6 Å². The zero-order valence-corrected chi connectivity index (χ0v) is 12.9. The van der Waals surface area contributed by atoms with Gasteiger partial charge in [0.2, 0.25) is 11.8 Å². The summed E-state index contributed by atoms with van der Waals surface area (Å²) in [6.07, 6.45) is 3.02. The van der Waals surface area contributed by atoms with Crippen molar-refractivity contribution in [3.63, 3.8) is 0 Å². The van der Waals surface area contributed by atoms with Crippen molar-refractivity contribution in [1.29, 1.82) is 0 Å². The number of hydrogen-bond donors (Lipinski definition) is 1. The van der Waals surface area contributed by atoms with Gasteiger partial charge in [-0.2, -0.15) is 0 Å². The summed E-state index contributed by atoms with van der Waals surface area (Å²) in [6, 6.07) is 6.09. The average Bonchev–Trinajstić information content (AvgIpc) is 2.47. The van der Waals surface area contributed by atoms with Gasteiger partial charge in [0.05, 0.1) is 5.92 Å². The van der Waals surface area contributed by atoms with Gasteiger partial charge in [-0.1, -0.05) is 12.1 Å². The Morgan fingerprint density at radius 1 is 1.27 bits per heavy atom. The number of benzene rings is 1. The van der Waals surface area contributed by atoms with Crippen LogP contribution in [-0.2, 0) is 9.59 Å². The first-order valence-electron chi connectivity index (χ1n) is 7.42. The van der Waals surface area contributed by atoms with Crippen LogP contribution in [0.25, 0.3) is 5.57 Å². The van der Waals surface area contributed by atoms with Crippen molar-refractivity contribution in [2.75, 3.05) is 6.54 Å². The first-order valence-corrected chi connectivity index (χ1v) is 7.42. The first-order chi connectivity index (χ1) is 10.4. The minimum absolute atomic E-state index is 0.0837. The summed E-state index contributed by atoms with van der Waals surface area (Å²) in [5.74, 6) is -1.08. The Kier molecular flexibility index (Phi) is 4.96. The number of rotatable bonds is 3. The predicted octanol–water partition coefficient (Wildman–Crippen LogP) is 2.34. The predicted molar refractivity (Wildman–Crippen MR) is 83.1 cm³/mol. The number of carbonyl (C=O) groups is 2. The van der Waals surface area contributed by atoms with E-state index in [1.807, 2.05) is 13.8 Å². The van der Waals surface area contributed by atoms with Crippen molar-refractivity contribution < 1.29 is 14.0 Å². The van der Waals surface area contributed by atoms with E-state index in [2.05, 4.69) is 0 Å². The number of piperidine rings is 1. The summed E-state index contributed by atoms with van der Waals surface area (Å²) in [4.78, 5) is 25.5. The SMILES string of the molecule is C/C(=C/C(=O)N1C[C@H](C(N)=O)CC[C@H]1C)c1ccc(F)cc1. The number of allylic oxidation sites excluding steroid dienone is 1. The minimum Gasteiger partial charge on any atom is -0.369 e. The number of carbonyl (C=O) groups excluding carboxylic acids is 2. The molecule has 1 aromatic rings. The van der Waals surface area contributed by atoms with E-state index in [-0.39, 0.29) is 29.6 Å². The molecule has 0 bridgehead atoms. The molecule has 0 radical (unpaired) electrons. The second-order valence-corrected chi connectivity index (χ2v) is 5.85. The number of amides is 2. The Labute approximate surface area is 129 Å². The molecular formula is C17H21FN2O2. The van der Waals surface area contributed by atoms with Gasteiger partial charge in [0, 0.05) is 18.7 Å². The molecule has 1 aliphatic rings. The van der Waals surface area contributed by atoms with Gasteiger partial charge in [0.15, 0.2) is 0 Å². The molecule has 1 aliphatic heterocycles. The molecule has 4 nitrogen and oxygen atoms in total. The zero-order valence-electron chi connectivity index (χ0n) is 12.9. The largest absolute Gasteiger partial charge is 0.369 e. The summed E-state index contributed by atoms with van der Waals surface area (Å²) < 4.78 is 12.9. The van der Waals surface area contributed by atoms with Crippen molar-refractivity contribution in [3.8, 4) is 0 Å². The number of hydrogen-bond acceptors (Lipinski definition) is 2. The van der Waals surface area contributed by atoms with Crippen LogP contribution in [0.15, 0.2) is 30.3 Å². The highest BCUT2D eigenvalue weighted by Crippen LogP contribution is 2.23. The molecule has 0 spiro atoms. The third-order valence-corrected chi connectivity index (χ3v) is 4.21. The highest BCUT2D eigenvalue weighted by atomic mass is 19.1. The van der Waals surface area contributed by atoms with Crippen molar-refractivity contribution in [1.82, 2.24) is 4.90 Å².